The minimum absolute atomic E-state index is 0.0867. The standard InChI is InChI=1S/C11H9BrF5NO3/c1-2-20-10(19)8-5(4-12)7(21-11(15,16)17)3-6(18-8)9(13)14/h3,9H,2,4H2,1H3. The molecule has 0 spiro atoms. The Labute approximate surface area is 124 Å². The summed E-state index contributed by atoms with van der Waals surface area (Å²) < 4.78 is 70.6. The topological polar surface area (TPSA) is 48.4 Å². The number of esters is 1. The van der Waals surface area contributed by atoms with Crippen LogP contribution in [-0.4, -0.2) is 23.9 Å². The van der Waals surface area contributed by atoms with Crippen LogP contribution in [-0.2, 0) is 10.1 Å². The van der Waals surface area contributed by atoms with Gasteiger partial charge in [-0.2, -0.15) is 0 Å². The third-order valence-corrected chi connectivity index (χ3v) is 2.72. The second-order valence-corrected chi connectivity index (χ2v) is 4.14. The van der Waals surface area contributed by atoms with Gasteiger partial charge in [0.2, 0.25) is 0 Å². The van der Waals surface area contributed by atoms with E-state index < -0.39 is 35.9 Å². The van der Waals surface area contributed by atoms with Crippen molar-refractivity contribution < 1.29 is 36.2 Å². The normalized spacial score (nSPS) is 11.6. The van der Waals surface area contributed by atoms with Crippen LogP contribution in [0.3, 0.4) is 0 Å². The molecule has 0 amide bonds. The molecule has 0 atom stereocenters. The van der Waals surface area contributed by atoms with Crippen molar-refractivity contribution in [2.24, 2.45) is 0 Å². The molecule has 118 valence electrons. The molecule has 0 fully saturated rings. The molecule has 10 heteroatoms. The van der Waals surface area contributed by atoms with Crippen molar-refractivity contribution in [2.75, 3.05) is 6.61 Å². The summed E-state index contributed by atoms with van der Waals surface area (Å²) in [5.41, 5.74) is -1.98. The highest BCUT2D eigenvalue weighted by Gasteiger charge is 2.34. The predicted molar refractivity (Wildman–Crippen MR) is 64.5 cm³/mol. The molecule has 0 saturated heterocycles. The van der Waals surface area contributed by atoms with Crippen molar-refractivity contribution >= 4 is 21.9 Å². The molecule has 0 radical (unpaired) electrons. The lowest BCUT2D eigenvalue weighted by Gasteiger charge is -2.16. The number of pyridine rings is 1. The van der Waals surface area contributed by atoms with E-state index in [0.717, 1.165) is 0 Å². The molecule has 0 saturated carbocycles. The predicted octanol–water partition coefficient (Wildman–Crippen LogP) is 3.99. The Kier molecular flexibility index (Phi) is 5.87. The highest BCUT2D eigenvalue weighted by molar-refractivity contribution is 9.08. The fourth-order valence-corrected chi connectivity index (χ4v) is 1.93. The van der Waals surface area contributed by atoms with Crippen LogP contribution in [0.1, 0.15) is 35.1 Å². The maximum atomic E-state index is 12.7. The second kappa shape index (κ2) is 7.01. The van der Waals surface area contributed by atoms with Gasteiger partial charge in [0, 0.05) is 17.0 Å². The van der Waals surface area contributed by atoms with E-state index in [0.29, 0.717) is 6.07 Å². The van der Waals surface area contributed by atoms with E-state index in [1.54, 1.807) is 0 Å². The number of halogens is 6. The number of ether oxygens (including phenoxy) is 2. The molecule has 0 bridgehead atoms. The van der Waals surface area contributed by atoms with E-state index in [1.807, 2.05) is 0 Å². The third kappa shape index (κ3) is 4.80. The zero-order valence-corrected chi connectivity index (χ0v) is 12.1. The molecule has 1 aromatic heterocycles. The van der Waals surface area contributed by atoms with Crippen LogP contribution >= 0.6 is 15.9 Å². The Hall–Kier alpha value is -1.45. The number of rotatable bonds is 5. The van der Waals surface area contributed by atoms with Gasteiger partial charge in [0.25, 0.3) is 6.43 Å². The maximum absolute atomic E-state index is 12.7. The molecular formula is C11H9BrF5NO3. The summed E-state index contributed by atoms with van der Waals surface area (Å²) in [4.78, 5) is 15.0. The molecule has 0 aliphatic carbocycles. The zero-order valence-electron chi connectivity index (χ0n) is 10.5. The highest BCUT2D eigenvalue weighted by atomic mass is 79.9. The summed E-state index contributed by atoms with van der Waals surface area (Å²) in [6, 6.07) is 0.442. The van der Waals surface area contributed by atoms with E-state index in [-0.39, 0.29) is 17.5 Å². The second-order valence-electron chi connectivity index (χ2n) is 3.58. The van der Waals surface area contributed by atoms with Gasteiger partial charge in [-0.1, -0.05) is 15.9 Å². The Bertz CT molecular complexity index is 521. The van der Waals surface area contributed by atoms with Crippen molar-refractivity contribution in [3.05, 3.63) is 23.0 Å². The van der Waals surface area contributed by atoms with Crippen LogP contribution in [0.5, 0.6) is 5.75 Å². The van der Waals surface area contributed by atoms with Crippen LogP contribution in [0.4, 0.5) is 22.0 Å². The van der Waals surface area contributed by atoms with E-state index >= 15 is 0 Å². The lowest BCUT2D eigenvalue weighted by Crippen LogP contribution is -2.20. The van der Waals surface area contributed by atoms with Gasteiger partial charge in [-0.15, -0.1) is 13.2 Å². The van der Waals surface area contributed by atoms with Gasteiger partial charge in [0.15, 0.2) is 5.69 Å². The summed E-state index contributed by atoms with van der Waals surface area (Å²) in [5, 5.41) is -0.261. The molecule has 1 aromatic rings. The fraction of sp³-hybridized carbons (Fsp3) is 0.455. The highest BCUT2D eigenvalue weighted by Crippen LogP contribution is 2.33. The van der Waals surface area contributed by atoms with E-state index in [1.165, 1.54) is 6.92 Å². The molecule has 21 heavy (non-hydrogen) atoms. The van der Waals surface area contributed by atoms with Crippen LogP contribution in [0.25, 0.3) is 0 Å². The van der Waals surface area contributed by atoms with Crippen molar-refractivity contribution in [3.8, 4) is 5.75 Å². The van der Waals surface area contributed by atoms with Crippen molar-refractivity contribution in [2.45, 2.75) is 25.0 Å². The number of carbonyl (C=O) groups is 1. The number of carbonyl (C=O) groups excluding carboxylic acids is 1. The van der Waals surface area contributed by atoms with Gasteiger partial charge in [0.05, 0.1) is 6.61 Å². The molecular weight excluding hydrogens is 369 g/mol. The Morgan fingerprint density at radius 2 is 2.05 bits per heavy atom. The van der Waals surface area contributed by atoms with Gasteiger partial charge in [0.1, 0.15) is 11.4 Å². The van der Waals surface area contributed by atoms with Crippen LogP contribution in [0.2, 0.25) is 0 Å². The molecule has 1 rings (SSSR count). The number of aromatic nitrogens is 1. The lowest BCUT2D eigenvalue weighted by molar-refractivity contribution is -0.274. The average Bonchev–Trinajstić information content (AvgIpc) is 2.36. The van der Waals surface area contributed by atoms with Crippen molar-refractivity contribution in [1.29, 1.82) is 0 Å². The van der Waals surface area contributed by atoms with Gasteiger partial charge >= 0.3 is 12.3 Å². The summed E-state index contributed by atoms with van der Waals surface area (Å²) in [6.07, 6.45) is -8.26. The first-order valence-corrected chi connectivity index (χ1v) is 6.62. The summed E-state index contributed by atoms with van der Waals surface area (Å²) in [7, 11) is 0. The Morgan fingerprint density at radius 1 is 1.43 bits per heavy atom. The largest absolute Gasteiger partial charge is 0.573 e. The minimum atomic E-state index is -5.09. The number of hydrogen-bond donors (Lipinski definition) is 0. The first kappa shape index (κ1) is 17.6. The minimum Gasteiger partial charge on any atom is -0.461 e. The summed E-state index contributed by atoms with van der Waals surface area (Å²) in [5.74, 6) is -2.03. The van der Waals surface area contributed by atoms with Crippen LogP contribution < -0.4 is 4.74 Å². The number of hydrogen-bond acceptors (Lipinski definition) is 4. The first-order valence-electron chi connectivity index (χ1n) is 5.50. The van der Waals surface area contributed by atoms with Crippen LogP contribution in [0.15, 0.2) is 6.07 Å². The Balaban J connectivity index is 3.43. The SMILES string of the molecule is CCOC(=O)c1nc(C(F)F)cc(OC(F)(F)F)c1CBr. The molecule has 0 aromatic carbocycles. The molecule has 0 aliphatic rings. The molecule has 1 heterocycles. The smallest absolute Gasteiger partial charge is 0.461 e. The van der Waals surface area contributed by atoms with Gasteiger partial charge in [-0.25, -0.2) is 18.6 Å². The number of nitrogens with zero attached hydrogens (tertiary/aromatic N) is 1. The van der Waals surface area contributed by atoms with Gasteiger partial charge in [-0.05, 0) is 6.92 Å². The number of alkyl halides is 6. The van der Waals surface area contributed by atoms with Crippen molar-refractivity contribution in [1.82, 2.24) is 4.98 Å². The Morgan fingerprint density at radius 3 is 2.48 bits per heavy atom. The van der Waals surface area contributed by atoms with Crippen molar-refractivity contribution in [3.63, 3.8) is 0 Å². The lowest BCUT2D eigenvalue weighted by atomic mass is 10.1. The van der Waals surface area contributed by atoms with Gasteiger partial charge in [-0.3, -0.25) is 0 Å². The average molecular weight is 378 g/mol. The van der Waals surface area contributed by atoms with E-state index in [4.69, 9.17) is 0 Å². The van der Waals surface area contributed by atoms with Crippen LogP contribution in [0, 0.1) is 0 Å². The molecule has 0 N–H and O–H groups in total. The summed E-state index contributed by atoms with van der Waals surface area (Å²) >= 11 is 2.87. The maximum Gasteiger partial charge on any atom is 0.573 e. The monoisotopic (exact) mass is 377 g/mol. The quantitative estimate of drug-likeness (QED) is 0.442. The van der Waals surface area contributed by atoms with Gasteiger partial charge < -0.3 is 9.47 Å². The fourth-order valence-electron chi connectivity index (χ4n) is 1.39. The zero-order chi connectivity index (χ0) is 16.2. The summed E-state index contributed by atoms with van der Waals surface area (Å²) in [6.45, 7) is 1.37. The molecule has 0 aliphatic heterocycles. The van der Waals surface area contributed by atoms with E-state index in [9.17, 15) is 26.7 Å². The first-order chi connectivity index (χ1) is 9.69. The molecule has 4 nitrogen and oxygen atoms in total. The van der Waals surface area contributed by atoms with E-state index in [2.05, 4.69) is 30.4 Å². The third-order valence-electron chi connectivity index (χ3n) is 2.15. The molecule has 0 unspecified atom stereocenters.